The SMILES string of the molecule is CC1(C)c2ccccc2-c2c1ccc1c3ccccc3n(-c3cccc(-c4nc(-c5ccccc5)c5sc6ccccc6c5n4)c3)c21.c1ccc(-c2cc(-c3ccccc3-n3c4ccccc4c4ccc5oc6ccccc6c5c43)cc3c2sc2ccccc23)cc1.c1ccc(-c2nc(-c3cccc(-n4c5ccccc5c5ccc6c(c7ccccc7n6-c6ccccc6)c54)c3)nc3c2sc2ccccc23)cc1. The average molecular weight is 1880 g/mol. The van der Waals surface area contributed by atoms with Crippen molar-refractivity contribution in [2.75, 3.05) is 0 Å². The van der Waals surface area contributed by atoms with Crippen LogP contribution in [0.4, 0.5) is 0 Å². The molecule has 0 spiro atoms. The third kappa shape index (κ3) is 12.9. The first-order valence-electron chi connectivity index (χ1n) is 48.6. The molecule has 0 N–H and O–H groups in total. The summed E-state index contributed by atoms with van der Waals surface area (Å²) in [6.07, 6.45) is 0. The molecule has 143 heavy (non-hydrogen) atoms. The summed E-state index contributed by atoms with van der Waals surface area (Å²) < 4.78 is 23.5. The maximum absolute atomic E-state index is 6.40. The number of thiophene rings is 3. The number of para-hydroxylation sites is 7. The van der Waals surface area contributed by atoms with E-state index in [1.807, 2.05) is 17.4 Å². The van der Waals surface area contributed by atoms with E-state index in [4.69, 9.17) is 24.4 Å². The summed E-state index contributed by atoms with van der Waals surface area (Å²) in [6.45, 7) is 4.70. The van der Waals surface area contributed by atoms with Crippen molar-refractivity contribution in [3.8, 4) is 101 Å². The molecule has 0 amide bonds. The van der Waals surface area contributed by atoms with Gasteiger partial charge in [0.15, 0.2) is 11.6 Å². The van der Waals surface area contributed by atoms with Gasteiger partial charge in [-0.2, -0.15) is 0 Å². The summed E-state index contributed by atoms with van der Waals surface area (Å²) in [6, 6.07) is 165. The Labute approximate surface area is 832 Å². The van der Waals surface area contributed by atoms with Gasteiger partial charge in [0.05, 0.1) is 87.0 Å². The van der Waals surface area contributed by atoms with E-state index in [9.17, 15) is 0 Å². The highest BCUT2D eigenvalue weighted by Crippen LogP contribution is 2.55. The highest BCUT2D eigenvalue weighted by Gasteiger charge is 2.38. The van der Waals surface area contributed by atoms with E-state index >= 15 is 0 Å². The number of aromatic nitrogens is 8. The third-order valence-corrected chi connectivity index (χ3v) is 32.9. The molecule has 10 aromatic heterocycles. The van der Waals surface area contributed by atoms with Gasteiger partial charge < -0.3 is 22.7 Å². The molecule has 670 valence electrons. The molecule has 0 saturated heterocycles. The fourth-order valence-electron chi connectivity index (χ4n) is 23.0. The molecular formula is C131H82N8OS3. The van der Waals surface area contributed by atoms with Gasteiger partial charge in [-0.3, -0.25) is 0 Å². The second-order valence-corrected chi connectivity index (χ2v) is 40.8. The Bertz CT molecular complexity index is 10500. The Balaban J connectivity index is 0.000000102. The van der Waals surface area contributed by atoms with Crippen molar-refractivity contribution in [2.45, 2.75) is 19.3 Å². The zero-order valence-electron chi connectivity index (χ0n) is 77.6. The van der Waals surface area contributed by atoms with Gasteiger partial charge >= 0.3 is 0 Å². The zero-order valence-corrected chi connectivity index (χ0v) is 80.0. The normalized spacial score (nSPS) is 12.5. The predicted octanol–water partition coefficient (Wildman–Crippen LogP) is 36.3. The smallest absolute Gasteiger partial charge is 0.160 e. The standard InChI is InChI=1S/C46H28N4S.C43H29N3S.C42H25NOS/c1-3-14-29(15-4-1)42-45-43(36-22-9-12-25-40(36)51-45)48-46(47-42)30-16-13-19-32(28-30)50-37-23-10-7-20-33(37)34-26-27-39-41(44(34)50)35-21-8-11-24-38(35)49(39)31-17-5-2-6-18-31;1-43(2)33-20-9-6-18-31(33)37-34(43)24-23-30-29-17-7-10-21-35(29)46(40(30)37)28-16-12-15-27(25-28)42-44-38(26-13-4-3-5-14-26)41-39(45-42)32-19-8-11-22-36(32)47-41;1-2-12-26(13-3-1)33-24-27(25-34-30-16-7-11-21-39(30)45-42(33)34)28-14-4-8-18-35(28)43-36-19-9-5-15-29(36)31-22-23-38-40(41(31)43)32-17-6-10-20-37(32)44-38/h1-28H;3-25H,1-2H3;1-25H. The fraction of sp³-hybridized carbons (Fsp3) is 0.0229. The molecule has 0 unspecified atom stereocenters. The van der Waals surface area contributed by atoms with Crippen LogP contribution in [0, 0.1) is 0 Å². The molecular weight excluding hydrogens is 1800 g/mol. The molecule has 0 fully saturated rings. The Morgan fingerprint density at radius 3 is 1.26 bits per heavy atom. The maximum atomic E-state index is 6.40. The first-order valence-corrected chi connectivity index (χ1v) is 51.0. The number of fused-ring (bicyclic) bond motifs is 30. The molecule has 9 nitrogen and oxygen atoms in total. The monoisotopic (exact) mass is 1880 g/mol. The van der Waals surface area contributed by atoms with Crippen LogP contribution in [-0.2, 0) is 5.41 Å². The van der Waals surface area contributed by atoms with Gasteiger partial charge in [0, 0.05) is 150 Å². The number of nitrogens with zero attached hydrogens (tertiary/aromatic N) is 8. The Kier molecular flexibility index (Phi) is 18.8. The van der Waals surface area contributed by atoms with Gasteiger partial charge in [-0.25, -0.2) is 19.9 Å². The lowest BCUT2D eigenvalue weighted by Gasteiger charge is -2.21. The number of hydrogen-bond acceptors (Lipinski definition) is 8. The third-order valence-electron chi connectivity index (χ3n) is 29.3. The molecule has 10 heterocycles. The van der Waals surface area contributed by atoms with Crippen LogP contribution in [0.25, 0.3) is 271 Å². The van der Waals surface area contributed by atoms with E-state index in [2.05, 4.69) is 487 Å². The van der Waals surface area contributed by atoms with Gasteiger partial charge in [0.1, 0.15) is 11.2 Å². The summed E-state index contributed by atoms with van der Waals surface area (Å²) in [5.41, 5.74) is 34.2. The van der Waals surface area contributed by atoms with E-state index in [1.54, 1.807) is 22.7 Å². The van der Waals surface area contributed by atoms with Gasteiger partial charge in [0.2, 0.25) is 0 Å². The van der Waals surface area contributed by atoms with Crippen molar-refractivity contribution in [3.63, 3.8) is 0 Å². The highest BCUT2D eigenvalue weighted by molar-refractivity contribution is 7.27. The molecule has 20 aromatic carbocycles. The van der Waals surface area contributed by atoms with Crippen LogP contribution >= 0.6 is 34.0 Å². The van der Waals surface area contributed by atoms with Crippen LogP contribution in [-0.4, -0.2) is 38.2 Å². The lowest BCUT2D eigenvalue weighted by Crippen LogP contribution is -2.14. The van der Waals surface area contributed by atoms with E-state index < -0.39 is 0 Å². The molecule has 0 radical (unpaired) electrons. The Morgan fingerprint density at radius 2 is 0.657 bits per heavy atom. The molecule has 0 atom stereocenters. The lowest BCUT2D eigenvalue weighted by molar-refractivity contribution is 0.661. The van der Waals surface area contributed by atoms with Crippen LogP contribution in [0.1, 0.15) is 25.0 Å². The van der Waals surface area contributed by atoms with Crippen LogP contribution in [0.2, 0.25) is 0 Å². The van der Waals surface area contributed by atoms with E-state index in [0.717, 1.165) is 116 Å². The Hall–Kier alpha value is -17.8. The molecule has 0 bridgehead atoms. The largest absolute Gasteiger partial charge is 0.456 e. The molecule has 31 rings (SSSR count). The number of furan rings is 1. The number of rotatable bonds is 10. The first-order chi connectivity index (χ1) is 70.7. The van der Waals surface area contributed by atoms with Crippen LogP contribution in [0.15, 0.2) is 465 Å². The minimum absolute atomic E-state index is 0.0797. The number of hydrogen-bond donors (Lipinski definition) is 0. The predicted molar refractivity (Wildman–Crippen MR) is 604 cm³/mol. The van der Waals surface area contributed by atoms with Crippen molar-refractivity contribution in [2.24, 2.45) is 0 Å². The minimum Gasteiger partial charge on any atom is -0.456 e. The van der Waals surface area contributed by atoms with Crippen molar-refractivity contribution >= 4 is 204 Å². The summed E-state index contributed by atoms with van der Waals surface area (Å²) in [4.78, 5) is 21.1. The van der Waals surface area contributed by atoms with E-state index in [1.165, 1.54) is 167 Å². The summed E-state index contributed by atoms with van der Waals surface area (Å²) >= 11 is 5.41. The van der Waals surface area contributed by atoms with Crippen molar-refractivity contribution in [1.82, 2.24) is 38.2 Å². The minimum atomic E-state index is -0.0797. The molecule has 1 aliphatic rings. The Morgan fingerprint density at radius 1 is 0.231 bits per heavy atom. The topological polar surface area (TPSA) is 84.4 Å². The van der Waals surface area contributed by atoms with Crippen LogP contribution in [0.3, 0.4) is 0 Å². The average Bonchev–Trinajstić information content (AvgIpc) is 1.54. The zero-order chi connectivity index (χ0) is 94.2. The molecule has 30 aromatic rings. The first kappa shape index (κ1) is 82.3. The summed E-state index contributed by atoms with van der Waals surface area (Å²) in [5.74, 6) is 1.46. The maximum Gasteiger partial charge on any atom is 0.160 e. The molecule has 0 aliphatic heterocycles. The van der Waals surface area contributed by atoms with Gasteiger partial charge in [0.25, 0.3) is 0 Å². The van der Waals surface area contributed by atoms with Crippen LogP contribution in [0.5, 0.6) is 0 Å². The van der Waals surface area contributed by atoms with Crippen molar-refractivity contribution in [1.29, 1.82) is 0 Å². The van der Waals surface area contributed by atoms with E-state index in [0.29, 0.717) is 0 Å². The second kappa shape index (κ2) is 32.7. The van der Waals surface area contributed by atoms with Gasteiger partial charge in [-0.05, 0) is 149 Å². The van der Waals surface area contributed by atoms with Crippen molar-refractivity contribution < 1.29 is 4.42 Å². The van der Waals surface area contributed by atoms with Gasteiger partial charge in [-0.1, -0.05) is 354 Å². The van der Waals surface area contributed by atoms with Crippen LogP contribution < -0.4 is 0 Å². The molecule has 0 saturated carbocycles. The lowest BCUT2D eigenvalue weighted by atomic mass is 9.82. The summed E-state index contributed by atoms with van der Waals surface area (Å²) in [7, 11) is 0. The second-order valence-electron chi connectivity index (χ2n) is 37.6. The number of benzene rings is 20. The summed E-state index contributed by atoms with van der Waals surface area (Å²) in [5, 5.41) is 17.1. The molecule has 12 heteroatoms. The van der Waals surface area contributed by atoms with Crippen molar-refractivity contribution in [3.05, 3.63) is 472 Å². The fourth-order valence-corrected chi connectivity index (χ4v) is 26.5. The highest BCUT2D eigenvalue weighted by atomic mass is 32.1. The van der Waals surface area contributed by atoms with E-state index in [-0.39, 0.29) is 5.41 Å². The quantitative estimate of drug-likeness (QED) is 0.136. The molecule has 1 aliphatic carbocycles. The van der Waals surface area contributed by atoms with Gasteiger partial charge in [-0.15, -0.1) is 34.0 Å².